The second-order valence-electron chi connectivity index (χ2n) is 5.31. The lowest BCUT2D eigenvalue weighted by atomic mass is 10.0. The molecule has 1 amide bonds. The maximum absolute atomic E-state index is 12.2. The molecule has 0 aromatic heterocycles. The Morgan fingerprint density at radius 2 is 2.06 bits per heavy atom. The van der Waals surface area contributed by atoms with Gasteiger partial charge in [-0.25, -0.2) is 0 Å². The van der Waals surface area contributed by atoms with E-state index in [1.165, 1.54) is 0 Å². The molecule has 0 spiro atoms. The highest BCUT2D eigenvalue weighted by Gasteiger charge is 2.34. The second kappa shape index (κ2) is 5.49. The van der Waals surface area contributed by atoms with Crippen LogP contribution in [0, 0.1) is 0 Å². The Bertz CT molecular complexity index is 289. The summed E-state index contributed by atoms with van der Waals surface area (Å²) >= 11 is 0. The van der Waals surface area contributed by atoms with E-state index in [1.807, 2.05) is 20.8 Å². The highest BCUT2D eigenvalue weighted by atomic mass is 16.5. The van der Waals surface area contributed by atoms with E-state index in [2.05, 4.69) is 0 Å². The summed E-state index contributed by atoms with van der Waals surface area (Å²) in [5.74, 6) is -0.976. The zero-order valence-electron chi connectivity index (χ0n) is 10.7. The fourth-order valence-corrected chi connectivity index (χ4v) is 1.93. The normalized spacial score (nSPS) is 20.3. The van der Waals surface area contributed by atoms with Gasteiger partial charge < -0.3 is 14.7 Å². The average Bonchev–Trinajstić information content (AvgIpc) is 2.67. The smallest absolute Gasteiger partial charge is 0.305 e. The number of rotatable bonds is 4. The molecule has 17 heavy (non-hydrogen) atoms. The first-order chi connectivity index (χ1) is 7.82. The number of nitrogens with zero attached hydrogens (tertiary/aromatic N) is 1. The van der Waals surface area contributed by atoms with Crippen LogP contribution in [0.1, 0.15) is 40.0 Å². The summed E-state index contributed by atoms with van der Waals surface area (Å²) in [6.07, 6.45) is 1.21. The van der Waals surface area contributed by atoms with Gasteiger partial charge in [0.05, 0.1) is 6.42 Å². The maximum atomic E-state index is 12.2. The Kier molecular flexibility index (Phi) is 4.51. The Morgan fingerprint density at radius 1 is 1.41 bits per heavy atom. The van der Waals surface area contributed by atoms with Crippen LogP contribution in [0.3, 0.4) is 0 Å². The van der Waals surface area contributed by atoms with Gasteiger partial charge in [0.2, 0.25) is 0 Å². The van der Waals surface area contributed by atoms with E-state index in [-0.39, 0.29) is 30.5 Å². The van der Waals surface area contributed by atoms with Crippen molar-refractivity contribution >= 4 is 11.9 Å². The van der Waals surface area contributed by atoms with Crippen molar-refractivity contribution in [2.24, 2.45) is 0 Å². The summed E-state index contributed by atoms with van der Waals surface area (Å²) in [5.41, 5.74) is -0.377. The van der Waals surface area contributed by atoms with Crippen molar-refractivity contribution in [3.8, 4) is 0 Å². The Balaban J connectivity index is 2.68. The minimum Gasteiger partial charge on any atom is -0.481 e. The first-order valence-corrected chi connectivity index (χ1v) is 5.97. The predicted octanol–water partition coefficient (Wildman–Crippen LogP) is 1.27. The van der Waals surface area contributed by atoms with Gasteiger partial charge in [-0.3, -0.25) is 9.59 Å². The topological polar surface area (TPSA) is 66.8 Å². The summed E-state index contributed by atoms with van der Waals surface area (Å²) < 4.78 is 5.36. The lowest BCUT2D eigenvalue weighted by Gasteiger charge is -2.36. The number of carbonyl (C=O) groups excluding carboxylic acids is 1. The van der Waals surface area contributed by atoms with Crippen LogP contribution in [-0.2, 0) is 14.3 Å². The number of hydrogen-bond acceptors (Lipinski definition) is 3. The molecule has 1 heterocycles. The number of carbonyl (C=O) groups is 2. The van der Waals surface area contributed by atoms with Gasteiger partial charge in [-0.05, 0) is 33.6 Å². The van der Waals surface area contributed by atoms with E-state index in [1.54, 1.807) is 4.90 Å². The third-order valence-electron chi connectivity index (χ3n) is 2.83. The highest BCUT2D eigenvalue weighted by molar-refractivity contribution is 5.82. The van der Waals surface area contributed by atoms with E-state index in [4.69, 9.17) is 9.84 Å². The standard InChI is InChI=1S/C12H21NO4/c1-12(2,3)13(7-6-10(14)15)11(16)9-5-4-8-17-9/h9H,4-8H2,1-3H3,(H,14,15)/t9-/m0/s1. The first kappa shape index (κ1) is 14.0. The predicted molar refractivity (Wildman–Crippen MR) is 62.7 cm³/mol. The number of ether oxygens (including phenoxy) is 1. The lowest BCUT2D eigenvalue weighted by Crippen LogP contribution is -2.50. The molecule has 1 atom stereocenters. The molecule has 5 nitrogen and oxygen atoms in total. The van der Waals surface area contributed by atoms with Gasteiger partial charge in [-0.1, -0.05) is 0 Å². The monoisotopic (exact) mass is 243 g/mol. The third kappa shape index (κ3) is 4.00. The van der Waals surface area contributed by atoms with Crippen LogP contribution < -0.4 is 0 Å². The number of amides is 1. The molecule has 0 aromatic carbocycles. The summed E-state index contributed by atoms with van der Waals surface area (Å²) in [4.78, 5) is 24.4. The van der Waals surface area contributed by atoms with Crippen LogP contribution in [0.15, 0.2) is 0 Å². The average molecular weight is 243 g/mol. The van der Waals surface area contributed by atoms with Gasteiger partial charge in [-0.15, -0.1) is 0 Å². The summed E-state index contributed by atoms with van der Waals surface area (Å²) in [7, 11) is 0. The van der Waals surface area contributed by atoms with Crippen molar-refractivity contribution in [1.82, 2.24) is 4.90 Å². The summed E-state index contributed by atoms with van der Waals surface area (Å²) in [5, 5.41) is 8.71. The molecule has 0 saturated carbocycles. The molecular weight excluding hydrogens is 222 g/mol. The van der Waals surface area contributed by atoms with E-state index >= 15 is 0 Å². The Labute approximate surface area is 102 Å². The molecule has 1 fully saturated rings. The van der Waals surface area contributed by atoms with Gasteiger partial charge in [0.25, 0.3) is 5.91 Å². The number of carboxylic acids is 1. The zero-order valence-corrected chi connectivity index (χ0v) is 10.7. The van der Waals surface area contributed by atoms with Gasteiger partial charge in [0, 0.05) is 18.7 Å². The molecule has 0 aromatic rings. The molecule has 0 bridgehead atoms. The largest absolute Gasteiger partial charge is 0.481 e. The SMILES string of the molecule is CC(C)(C)N(CCC(=O)O)C(=O)[C@@H]1CCCO1. The number of aliphatic carboxylic acids is 1. The van der Waals surface area contributed by atoms with E-state index in [9.17, 15) is 9.59 Å². The van der Waals surface area contributed by atoms with Crippen LogP contribution in [0.4, 0.5) is 0 Å². The van der Waals surface area contributed by atoms with Gasteiger partial charge >= 0.3 is 5.97 Å². The summed E-state index contributed by atoms with van der Waals surface area (Å²) in [6, 6.07) is 0. The molecule has 1 aliphatic rings. The lowest BCUT2D eigenvalue weighted by molar-refractivity contribution is -0.147. The zero-order chi connectivity index (χ0) is 13.1. The first-order valence-electron chi connectivity index (χ1n) is 5.97. The van der Waals surface area contributed by atoms with E-state index in [0.29, 0.717) is 6.61 Å². The van der Waals surface area contributed by atoms with Crippen molar-refractivity contribution in [3.63, 3.8) is 0 Å². The minimum absolute atomic E-state index is 0.0320. The fraction of sp³-hybridized carbons (Fsp3) is 0.833. The molecule has 0 radical (unpaired) electrons. The van der Waals surface area contributed by atoms with Crippen molar-refractivity contribution in [1.29, 1.82) is 0 Å². The van der Waals surface area contributed by atoms with Crippen molar-refractivity contribution in [2.75, 3.05) is 13.2 Å². The highest BCUT2D eigenvalue weighted by Crippen LogP contribution is 2.21. The van der Waals surface area contributed by atoms with E-state index in [0.717, 1.165) is 12.8 Å². The molecule has 5 heteroatoms. The Morgan fingerprint density at radius 3 is 2.47 bits per heavy atom. The minimum atomic E-state index is -0.889. The molecule has 1 saturated heterocycles. The van der Waals surface area contributed by atoms with Crippen LogP contribution in [0.2, 0.25) is 0 Å². The fourth-order valence-electron chi connectivity index (χ4n) is 1.93. The van der Waals surface area contributed by atoms with E-state index < -0.39 is 5.97 Å². The summed E-state index contributed by atoms with van der Waals surface area (Å²) in [6.45, 7) is 6.57. The van der Waals surface area contributed by atoms with Gasteiger partial charge in [0.1, 0.15) is 6.10 Å². The quantitative estimate of drug-likeness (QED) is 0.807. The van der Waals surface area contributed by atoms with Crippen molar-refractivity contribution in [2.45, 2.75) is 51.7 Å². The molecule has 1 aliphatic heterocycles. The molecule has 98 valence electrons. The van der Waals surface area contributed by atoms with Crippen molar-refractivity contribution in [3.05, 3.63) is 0 Å². The van der Waals surface area contributed by atoms with Crippen LogP contribution in [0.5, 0.6) is 0 Å². The number of hydrogen-bond donors (Lipinski definition) is 1. The molecule has 0 unspecified atom stereocenters. The molecule has 0 aliphatic carbocycles. The number of carboxylic acid groups (broad SMARTS) is 1. The van der Waals surface area contributed by atoms with Gasteiger partial charge in [-0.2, -0.15) is 0 Å². The Hall–Kier alpha value is -1.10. The van der Waals surface area contributed by atoms with Crippen molar-refractivity contribution < 1.29 is 19.4 Å². The van der Waals surface area contributed by atoms with Crippen LogP contribution in [0.25, 0.3) is 0 Å². The third-order valence-corrected chi connectivity index (χ3v) is 2.83. The molecular formula is C12H21NO4. The second-order valence-corrected chi connectivity index (χ2v) is 5.31. The molecule has 1 N–H and O–H groups in total. The van der Waals surface area contributed by atoms with Crippen LogP contribution in [-0.4, -0.2) is 46.7 Å². The molecule has 1 rings (SSSR count). The van der Waals surface area contributed by atoms with Crippen LogP contribution >= 0.6 is 0 Å². The maximum Gasteiger partial charge on any atom is 0.305 e. The van der Waals surface area contributed by atoms with Gasteiger partial charge in [0.15, 0.2) is 0 Å².